The third-order valence-electron chi connectivity index (χ3n) is 2.07. The Bertz CT molecular complexity index is 318. The minimum absolute atomic E-state index is 0.203. The molecule has 1 aromatic heterocycles. The first-order chi connectivity index (χ1) is 6.82. The van der Waals surface area contributed by atoms with Gasteiger partial charge in [-0.25, -0.2) is 0 Å². The molecule has 0 radical (unpaired) electrons. The molecule has 1 aromatic rings. The molecule has 0 aliphatic heterocycles. The average Bonchev–Trinajstić information content (AvgIpc) is 2.15. The van der Waals surface area contributed by atoms with Crippen molar-refractivity contribution in [3.63, 3.8) is 0 Å². The zero-order chi connectivity index (χ0) is 11.6. The lowest BCUT2D eigenvalue weighted by molar-refractivity contribution is -0.207. The predicted molar refractivity (Wildman–Crippen MR) is 49.3 cm³/mol. The Morgan fingerprint density at radius 3 is 2.20 bits per heavy atom. The quantitative estimate of drug-likeness (QED) is 0.829. The zero-order valence-electron chi connectivity index (χ0n) is 8.42. The highest BCUT2D eigenvalue weighted by Gasteiger charge is 2.40. The smallest absolute Gasteiger partial charge is 0.378 e. The molecule has 0 aliphatic carbocycles. The molecular formula is C10H12F3NO. The van der Waals surface area contributed by atoms with E-state index in [4.69, 9.17) is 5.11 Å². The van der Waals surface area contributed by atoms with E-state index < -0.39 is 12.3 Å². The fourth-order valence-corrected chi connectivity index (χ4v) is 1.09. The van der Waals surface area contributed by atoms with E-state index in [1.807, 2.05) is 13.8 Å². The topological polar surface area (TPSA) is 33.1 Å². The minimum atomic E-state index is -4.66. The zero-order valence-corrected chi connectivity index (χ0v) is 8.42. The third-order valence-corrected chi connectivity index (χ3v) is 2.07. The van der Waals surface area contributed by atoms with Crippen molar-refractivity contribution in [2.24, 2.45) is 0 Å². The Morgan fingerprint density at radius 1 is 1.27 bits per heavy atom. The van der Waals surface area contributed by atoms with Crippen LogP contribution in [0.1, 0.15) is 37.1 Å². The van der Waals surface area contributed by atoms with E-state index in [2.05, 4.69) is 4.98 Å². The molecule has 1 rings (SSSR count). The second-order valence-corrected chi connectivity index (χ2v) is 3.62. The van der Waals surface area contributed by atoms with Crippen LogP contribution in [0.25, 0.3) is 0 Å². The van der Waals surface area contributed by atoms with Crippen LogP contribution < -0.4 is 0 Å². The maximum absolute atomic E-state index is 12.1. The monoisotopic (exact) mass is 219 g/mol. The number of hydrogen-bond acceptors (Lipinski definition) is 2. The first-order valence-corrected chi connectivity index (χ1v) is 4.53. The van der Waals surface area contributed by atoms with Gasteiger partial charge in [0.1, 0.15) is 0 Å². The summed E-state index contributed by atoms with van der Waals surface area (Å²) in [7, 11) is 0. The van der Waals surface area contributed by atoms with Crippen molar-refractivity contribution in [2.45, 2.75) is 32.0 Å². The van der Waals surface area contributed by atoms with E-state index in [1.165, 1.54) is 12.3 Å². The fourth-order valence-electron chi connectivity index (χ4n) is 1.09. The van der Waals surface area contributed by atoms with Crippen molar-refractivity contribution in [1.29, 1.82) is 0 Å². The maximum atomic E-state index is 12.1. The Labute approximate surface area is 85.8 Å². The first-order valence-electron chi connectivity index (χ1n) is 4.53. The standard InChI is InChI=1S/C10H12F3NO/c1-6(2)7-3-4-8(14-5-7)9(15)10(11,12)13/h3-6,9,15H,1-2H3. The number of aliphatic hydroxyl groups is 1. The van der Waals surface area contributed by atoms with Crippen LogP contribution in [0.2, 0.25) is 0 Å². The van der Waals surface area contributed by atoms with E-state index in [-0.39, 0.29) is 11.6 Å². The van der Waals surface area contributed by atoms with Gasteiger partial charge in [0.15, 0.2) is 6.10 Å². The van der Waals surface area contributed by atoms with E-state index >= 15 is 0 Å². The van der Waals surface area contributed by atoms with Gasteiger partial charge in [0.05, 0.1) is 5.69 Å². The number of rotatable bonds is 2. The van der Waals surface area contributed by atoms with Gasteiger partial charge in [-0.1, -0.05) is 19.9 Å². The van der Waals surface area contributed by atoms with E-state index in [0.717, 1.165) is 5.56 Å². The summed E-state index contributed by atoms with van der Waals surface area (Å²) in [4.78, 5) is 3.60. The van der Waals surface area contributed by atoms with Crippen LogP contribution in [0.4, 0.5) is 13.2 Å². The molecule has 0 aromatic carbocycles. The third kappa shape index (κ3) is 2.92. The molecule has 0 fully saturated rings. The molecule has 5 heteroatoms. The molecule has 1 unspecified atom stereocenters. The maximum Gasteiger partial charge on any atom is 0.420 e. The number of halogens is 3. The molecular weight excluding hydrogens is 207 g/mol. The van der Waals surface area contributed by atoms with Gasteiger partial charge in [0, 0.05) is 6.20 Å². The number of pyridine rings is 1. The molecule has 2 nitrogen and oxygen atoms in total. The largest absolute Gasteiger partial charge is 0.420 e. The van der Waals surface area contributed by atoms with Crippen molar-refractivity contribution >= 4 is 0 Å². The van der Waals surface area contributed by atoms with Crippen molar-refractivity contribution in [3.8, 4) is 0 Å². The van der Waals surface area contributed by atoms with Gasteiger partial charge in [0.2, 0.25) is 0 Å². The molecule has 0 aliphatic rings. The Kier molecular flexibility index (Phi) is 3.34. The summed E-state index contributed by atoms with van der Waals surface area (Å²) in [5, 5.41) is 8.90. The summed E-state index contributed by atoms with van der Waals surface area (Å²) in [6.07, 6.45) is -5.81. The first kappa shape index (κ1) is 12.0. The second-order valence-electron chi connectivity index (χ2n) is 3.62. The van der Waals surface area contributed by atoms with Crippen molar-refractivity contribution in [1.82, 2.24) is 4.98 Å². The summed E-state index contributed by atoms with van der Waals surface area (Å²) in [6.45, 7) is 3.83. The van der Waals surface area contributed by atoms with Crippen LogP contribution in [-0.4, -0.2) is 16.3 Å². The lowest BCUT2D eigenvalue weighted by atomic mass is 10.1. The number of nitrogens with zero attached hydrogens (tertiary/aromatic N) is 1. The van der Waals surface area contributed by atoms with Gasteiger partial charge in [0.25, 0.3) is 0 Å². The molecule has 0 saturated carbocycles. The molecule has 84 valence electrons. The summed E-state index contributed by atoms with van der Waals surface area (Å²) in [5.41, 5.74) is 0.472. The van der Waals surface area contributed by atoms with Crippen LogP contribution in [0.3, 0.4) is 0 Å². The number of aromatic nitrogens is 1. The predicted octanol–water partition coefficient (Wildman–Crippen LogP) is 2.80. The van der Waals surface area contributed by atoms with Gasteiger partial charge in [-0.05, 0) is 17.5 Å². The van der Waals surface area contributed by atoms with Crippen LogP contribution in [-0.2, 0) is 0 Å². The van der Waals surface area contributed by atoms with Gasteiger partial charge in [-0.3, -0.25) is 4.98 Å². The summed E-state index contributed by atoms with van der Waals surface area (Å²) >= 11 is 0. The highest BCUT2D eigenvalue weighted by atomic mass is 19.4. The second kappa shape index (κ2) is 4.18. The average molecular weight is 219 g/mol. The number of aliphatic hydroxyl groups excluding tert-OH is 1. The molecule has 0 spiro atoms. The molecule has 0 amide bonds. The molecule has 1 heterocycles. The Morgan fingerprint density at radius 2 is 1.87 bits per heavy atom. The molecule has 1 N–H and O–H groups in total. The highest BCUT2D eigenvalue weighted by Crippen LogP contribution is 2.31. The van der Waals surface area contributed by atoms with E-state index in [1.54, 1.807) is 6.07 Å². The highest BCUT2D eigenvalue weighted by molar-refractivity contribution is 5.18. The normalized spacial score (nSPS) is 14.3. The summed E-state index contributed by atoms with van der Waals surface area (Å²) in [5.74, 6) is 0.203. The molecule has 0 saturated heterocycles. The fraction of sp³-hybridized carbons (Fsp3) is 0.500. The van der Waals surface area contributed by atoms with Crippen LogP contribution in [0, 0.1) is 0 Å². The molecule has 0 bridgehead atoms. The van der Waals surface area contributed by atoms with E-state index in [0.29, 0.717) is 0 Å². The molecule has 1 atom stereocenters. The van der Waals surface area contributed by atoms with Crippen LogP contribution >= 0.6 is 0 Å². The van der Waals surface area contributed by atoms with Crippen molar-refractivity contribution in [3.05, 3.63) is 29.6 Å². The van der Waals surface area contributed by atoms with Gasteiger partial charge in [-0.2, -0.15) is 13.2 Å². The van der Waals surface area contributed by atoms with E-state index in [9.17, 15) is 13.2 Å². The summed E-state index contributed by atoms with van der Waals surface area (Å²) < 4.78 is 36.3. The van der Waals surface area contributed by atoms with Crippen molar-refractivity contribution < 1.29 is 18.3 Å². The SMILES string of the molecule is CC(C)c1ccc(C(O)C(F)(F)F)nc1. The Hall–Kier alpha value is -1.10. The number of alkyl halides is 3. The minimum Gasteiger partial charge on any atom is -0.378 e. The molecule has 15 heavy (non-hydrogen) atoms. The number of hydrogen-bond donors (Lipinski definition) is 1. The Balaban J connectivity index is 2.89. The lowest BCUT2D eigenvalue weighted by Crippen LogP contribution is -2.21. The van der Waals surface area contributed by atoms with Gasteiger partial charge >= 0.3 is 6.18 Å². The van der Waals surface area contributed by atoms with Gasteiger partial charge in [-0.15, -0.1) is 0 Å². The van der Waals surface area contributed by atoms with Crippen LogP contribution in [0.15, 0.2) is 18.3 Å². The van der Waals surface area contributed by atoms with Gasteiger partial charge < -0.3 is 5.11 Å². The van der Waals surface area contributed by atoms with Crippen molar-refractivity contribution in [2.75, 3.05) is 0 Å². The lowest BCUT2D eigenvalue weighted by Gasteiger charge is -2.14. The summed E-state index contributed by atoms with van der Waals surface area (Å²) in [6, 6.07) is 2.75. The van der Waals surface area contributed by atoms with Crippen LogP contribution in [0.5, 0.6) is 0 Å².